The van der Waals surface area contributed by atoms with Crippen molar-refractivity contribution in [3.05, 3.63) is 70.8 Å². The van der Waals surface area contributed by atoms with Crippen LogP contribution in [0.2, 0.25) is 0 Å². The van der Waals surface area contributed by atoms with E-state index in [-0.39, 0.29) is 17.5 Å². The Labute approximate surface area is 145 Å². The molecule has 0 saturated carbocycles. The molecular formula is C20H17NO4. The van der Waals surface area contributed by atoms with Gasteiger partial charge in [-0.2, -0.15) is 0 Å². The molecule has 0 aromatic heterocycles. The normalized spacial score (nSPS) is 18.2. The van der Waals surface area contributed by atoms with Crippen molar-refractivity contribution in [3.63, 3.8) is 0 Å². The van der Waals surface area contributed by atoms with Crippen molar-refractivity contribution >= 4 is 17.8 Å². The number of hydrogen-bond acceptors (Lipinski definition) is 4. The Kier molecular flexibility index (Phi) is 3.84. The number of carbonyl (C=O) groups excluding carboxylic acids is 3. The lowest BCUT2D eigenvalue weighted by Gasteiger charge is -2.14. The fourth-order valence-electron chi connectivity index (χ4n) is 3.63. The Morgan fingerprint density at radius 2 is 1.64 bits per heavy atom. The van der Waals surface area contributed by atoms with E-state index in [1.807, 2.05) is 12.1 Å². The van der Waals surface area contributed by atoms with Gasteiger partial charge in [0, 0.05) is 6.42 Å². The van der Waals surface area contributed by atoms with E-state index in [1.165, 1.54) is 11.1 Å². The number of hydroxylamine groups is 2. The van der Waals surface area contributed by atoms with E-state index in [2.05, 4.69) is 12.1 Å². The molecule has 5 nitrogen and oxygen atoms in total. The molecule has 2 aromatic rings. The van der Waals surface area contributed by atoms with Crippen molar-refractivity contribution in [2.24, 2.45) is 0 Å². The Morgan fingerprint density at radius 1 is 1.00 bits per heavy atom. The van der Waals surface area contributed by atoms with Crippen LogP contribution in [0.4, 0.5) is 0 Å². The second-order valence-electron chi connectivity index (χ2n) is 6.39. The van der Waals surface area contributed by atoms with Crippen molar-refractivity contribution in [3.8, 4) is 0 Å². The summed E-state index contributed by atoms with van der Waals surface area (Å²) < 4.78 is 0. The number of imide groups is 1. The third kappa shape index (κ3) is 2.71. The lowest BCUT2D eigenvalue weighted by Crippen LogP contribution is -2.32. The molecule has 1 atom stereocenters. The largest absolute Gasteiger partial charge is 0.333 e. The lowest BCUT2D eigenvalue weighted by atomic mass is 9.96. The summed E-state index contributed by atoms with van der Waals surface area (Å²) in [7, 11) is 0. The van der Waals surface area contributed by atoms with Crippen molar-refractivity contribution < 1.29 is 19.2 Å². The lowest BCUT2D eigenvalue weighted by molar-refractivity contribution is -0.168. The molecule has 0 N–H and O–H groups in total. The van der Waals surface area contributed by atoms with E-state index in [9.17, 15) is 14.4 Å². The van der Waals surface area contributed by atoms with Crippen LogP contribution >= 0.6 is 0 Å². The van der Waals surface area contributed by atoms with Crippen LogP contribution in [-0.2, 0) is 16.1 Å². The van der Waals surface area contributed by atoms with Gasteiger partial charge in [-0.05, 0) is 48.4 Å². The Hall–Kier alpha value is -2.95. The summed E-state index contributed by atoms with van der Waals surface area (Å²) in [5, 5.41) is 0.579. The topological polar surface area (TPSA) is 63.7 Å². The van der Waals surface area contributed by atoms with E-state index in [0.717, 1.165) is 12.8 Å². The first kappa shape index (κ1) is 15.6. The van der Waals surface area contributed by atoms with Crippen LogP contribution in [-0.4, -0.2) is 22.8 Å². The van der Waals surface area contributed by atoms with E-state index in [4.69, 9.17) is 4.84 Å². The number of nitrogens with zero attached hydrogens (tertiary/aromatic N) is 1. The molecule has 2 amide bonds. The standard InChI is InChI=1S/C20H17NO4/c22-18(12-11-14-10-9-13-5-1-2-6-15(13)14)25-21-19(23)16-7-3-4-8-17(16)20(21)24/h1-8,14H,9-12H2. The van der Waals surface area contributed by atoms with Crippen molar-refractivity contribution in [1.82, 2.24) is 5.06 Å². The fraction of sp³-hybridized carbons (Fsp3) is 0.250. The zero-order valence-corrected chi connectivity index (χ0v) is 13.6. The first-order chi connectivity index (χ1) is 12.1. The van der Waals surface area contributed by atoms with Gasteiger partial charge in [0.05, 0.1) is 11.1 Å². The van der Waals surface area contributed by atoms with Gasteiger partial charge in [0.2, 0.25) is 0 Å². The molecule has 0 fully saturated rings. The van der Waals surface area contributed by atoms with Gasteiger partial charge in [0.25, 0.3) is 11.8 Å². The highest BCUT2D eigenvalue weighted by Gasteiger charge is 2.38. The van der Waals surface area contributed by atoms with Crippen LogP contribution in [0.15, 0.2) is 48.5 Å². The molecule has 1 unspecified atom stereocenters. The molecule has 2 aromatic carbocycles. The number of fused-ring (bicyclic) bond motifs is 2. The van der Waals surface area contributed by atoms with Gasteiger partial charge >= 0.3 is 5.97 Å². The van der Waals surface area contributed by atoms with E-state index in [1.54, 1.807) is 24.3 Å². The Balaban J connectivity index is 1.38. The zero-order valence-electron chi connectivity index (χ0n) is 13.6. The molecule has 1 heterocycles. The predicted octanol–water partition coefficient (Wildman–Crippen LogP) is 3.25. The van der Waals surface area contributed by atoms with Crippen molar-refractivity contribution in [2.75, 3.05) is 0 Å². The minimum absolute atomic E-state index is 0.173. The van der Waals surface area contributed by atoms with Gasteiger partial charge in [-0.25, -0.2) is 4.79 Å². The molecule has 0 radical (unpaired) electrons. The summed E-state index contributed by atoms with van der Waals surface area (Å²) >= 11 is 0. The maximum absolute atomic E-state index is 12.2. The minimum Gasteiger partial charge on any atom is -0.330 e. The minimum atomic E-state index is -0.583. The van der Waals surface area contributed by atoms with E-state index < -0.39 is 17.8 Å². The van der Waals surface area contributed by atoms with E-state index in [0.29, 0.717) is 17.4 Å². The molecule has 4 rings (SSSR count). The summed E-state index contributed by atoms with van der Waals surface area (Å²) in [6.07, 6.45) is 2.86. The van der Waals surface area contributed by atoms with Crippen LogP contribution in [0, 0.1) is 0 Å². The highest BCUT2D eigenvalue weighted by molar-refractivity contribution is 6.20. The monoisotopic (exact) mass is 335 g/mol. The molecular weight excluding hydrogens is 318 g/mol. The molecule has 5 heteroatoms. The van der Waals surface area contributed by atoms with Gasteiger partial charge in [0.15, 0.2) is 0 Å². The number of amides is 2. The summed E-state index contributed by atoms with van der Waals surface area (Å²) in [4.78, 5) is 41.6. The molecule has 1 aliphatic heterocycles. The zero-order chi connectivity index (χ0) is 17.4. The Morgan fingerprint density at radius 3 is 2.36 bits per heavy atom. The van der Waals surface area contributed by atoms with Gasteiger partial charge in [-0.15, -0.1) is 0 Å². The van der Waals surface area contributed by atoms with Gasteiger partial charge in [-0.1, -0.05) is 41.5 Å². The molecule has 0 bridgehead atoms. The first-order valence-corrected chi connectivity index (χ1v) is 8.41. The number of aryl methyl sites for hydroxylation is 1. The second kappa shape index (κ2) is 6.16. The summed E-state index contributed by atoms with van der Waals surface area (Å²) in [6, 6.07) is 14.7. The van der Waals surface area contributed by atoms with E-state index >= 15 is 0 Å². The highest BCUT2D eigenvalue weighted by atomic mass is 16.7. The summed E-state index contributed by atoms with van der Waals surface area (Å²) in [5.41, 5.74) is 3.16. The SMILES string of the molecule is O=C(CCC1CCc2ccccc21)ON1C(=O)c2ccccc2C1=O. The molecule has 126 valence electrons. The van der Waals surface area contributed by atoms with Gasteiger partial charge in [0.1, 0.15) is 0 Å². The molecule has 1 aliphatic carbocycles. The molecule has 0 spiro atoms. The Bertz CT molecular complexity index is 839. The number of rotatable bonds is 4. The maximum Gasteiger partial charge on any atom is 0.333 e. The van der Waals surface area contributed by atoms with Gasteiger partial charge in [-0.3, -0.25) is 9.59 Å². The van der Waals surface area contributed by atoms with Gasteiger partial charge < -0.3 is 4.84 Å². The number of carbonyl (C=O) groups is 3. The fourth-order valence-corrected chi connectivity index (χ4v) is 3.63. The first-order valence-electron chi connectivity index (χ1n) is 8.41. The van der Waals surface area contributed by atoms with Crippen LogP contribution < -0.4 is 0 Å². The molecule has 25 heavy (non-hydrogen) atoms. The highest BCUT2D eigenvalue weighted by Crippen LogP contribution is 2.36. The number of benzene rings is 2. The summed E-state index contributed by atoms with van der Waals surface area (Å²) in [5.74, 6) is -1.40. The second-order valence-corrected chi connectivity index (χ2v) is 6.39. The van der Waals surface area contributed by atoms with Crippen molar-refractivity contribution in [1.29, 1.82) is 0 Å². The smallest absolute Gasteiger partial charge is 0.330 e. The van der Waals surface area contributed by atoms with Crippen LogP contribution in [0.3, 0.4) is 0 Å². The molecule has 2 aliphatic rings. The van der Waals surface area contributed by atoms with Crippen LogP contribution in [0.1, 0.15) is 57.0 Å². The number of hydrogen-bond donors (Lipinski definition) is 0. The molecule has 0 saturated heterocycles. The van der Waals surface area contributed by atoms with Crippen LogP contribution in [0.5, 0.6) is 0 Å². The van der Waals surface area contributed by atoms with Crippen LogP contribution in [0.25, 0.3) is 0 Å². The maximum atomic E-state index is 12.2. The average Bonchev–Trinajstić information content (AvgIpc) is 3.15. The summed E-state index contributed by atoms with van der Waals surface area (Å²) in [6.45, 7) is 0. The predicted molar refractivity (Wildman–Crippen MR) is 89.8 cm³/mol. The quantitative estimate of drug-likeness (QED) is 0.805. The van der Waals surface area contributed by atoms with Crippen molar-refractivity contribution in [2.45, 2.75) is 31.6 Å². The average molecular weight is 335 g/mol. The third-order valence-corrected chi connectivity index (χ3v) is 4.90. The third-order valence-electron chi connectivity index (χ3n) is 4.90.